The van der Waals surface area contributed by atoms with Gasteiger partial charge in [0.1, 0.15) is 6.10 Å². The van der Waals surface area contributed by atoms with Gasteiger partial charge in [-0.3, -0.25) is 4.79 Å². The molecule has 1 aliphatic carbocycles. The van der Waals surface area contributed by atoms with Crippen molar-refractivity contribution in [1.82, 2.24) is 0 Å². The van der Waals surface area contributed by atoms with Crippen LogP contribution in [-0.4, -0.2) is 53.0 Å². The number of aliphatic hydroxyl groups excluding tert-OH is 2. The second-order valence-corrected chi connectivity index (χ2v) is 7.64. The Balaban J connectivity index is 1.72. The van der Waals surface area contributed by atoms with Crippen molar-refractivity contribution in [2.75, 3.05) is 0 Å². The van der Waals surface area contributed by atoms with Gasteiger partial charge in [-0.25, -0.2) is 0 Å². The smallest absolute Gasteiger partial charge is 0.309 e. The lowest BCUT2D eigenvalue weighted by Crippen LogP contribution is -2.48. The predicted molar refractivity (Wildman–Crippen MR) is 88.1 cm³/mol. The third-order valence-corrected chi connectivity index (χ3v) is 5.15. The molecule has 0 amide bonds. The van der Waals surface area contributed by atoms with E-state index in [9.17, 15) is 15.0 Å². The van der Waals surface area contributed by atoms with Crippen molar-refractivity contribution in [2.24, 2.45) is 17.8 Å². The van der Waals surface area contributed by atoms with E-state index in [4.69, 9.17) is 14.2 Å². The summed E-state index contributed by atoms with van der Waals surface area (Å²) in [6, 6.07) is 0. The monoisotopic (exact) mass is 344 g/mol. The molecular formula is C18H32O6. The number of hydrogen-bond donors (Lipinski definition) is 2. The molecule has 24 heavy (non-hydrogen) atoms. The van der Waals surface area contributed by atoms with Crippen molar-refractivity contribution in [3.8, 4) is 0 Å². The van der Waals surface area contributed by atoms with Gasteiger partial charge in [-0.15, -0.1) is 0 Å². The molecule has 1 saturated heterocycles. The second-order valence-electron chi connectivity index (χ2n) is 7.64. The number of hydrogen-bond acceptors (Lipinski definition) is 6. The first kappa shape index (κ1) is 19.6. The number of aliphatic hydroxyl groups is 2. The molecule has 0 bridgehead atoms. The molecule has 0 spiro atoms. The van der Waals surface area contributed by atoms with Gasteiger partial charge in [-0.05, 0) is 52.4 Å². The molecule has 8 atom stereocenters. The zero-order valence-electron chi connectivity index (χ0n) is 15.3. The molecule has 6 heteroatoms. The summed E-state index contributed by atoms with van der Waals surface area (Å²) >= 11 is 0. The summed E-state index contributed by atoms with van der Waals surface area (Å²) in [5.41, 5.74) is 0. The maximum Gasteiger partial charge on any atom is 0.309 e. The Morgan fingerprint density at radius 1 is 1.21 bits per heavy atom. The molecule has 4 unspecified atom stereocenters. The van der Waals surface area contributed by atoms with Gasteiger partial charge in [0.2, 0.25) is 0 Å². The Morgan fingerprint density at radius 3 is 2.50 bits per heavy atom. The molecule has 1 saturated carbocycles. The largest absolute Gasteiger partial charge is 0.463 e. The van der Waals surface area contributed by atoms with E-state index in [1.807, 2.05) is 20.8 Å². The van der Waals surface area contributed by atoms with E-state index in [2.05, 4.69) is 6.92 Å². The molecule has 0 aromatic rings. The van der Waals surface area contributed by atoms with Crippen molar-refractivity contribution in [3.63, 3.8) is 0 Å². The van der Waals surface area contributed by atoms with Crippen molar-refractivity contribution in [1.29, 1.82) is 0 Å². The highest BCUT2D eigenvalue weighted by Crippen LogP contribution is 2.50. The van der Waals surface area contributed by atoms with Gasteiger partial charge >= 0.3 is 5.97 Å². The highest BCUT2D eigenvalue weighted by molar-refractivity contribution is 5.76. The van der Waals surface area contributed by atoms with Gasteiger partial charge in [0.25, 0.3) is 0 Å². The summed E-state index contributed by atoms with van der Waals surface area (Å²) < 4.78 is 16.6. The fourth-order valence-corrected chi connectivity index (χ4v) is 3.48. The van der Waals surface area contributed by atoms with Gasteiger partial charge in [0.15, 0.2) is 6.29 Å². The van der Waals surface area contributed by atoms with Crippen LogP contribution in [0.3, 0.4) is 0 Å². The Kier molecular flexibility index (Phi) is 6.65. The molecule has 140 valence electrons. The van der Waals surface area contributed by atoms with Gasteiger partial charge in [0, 0.05) is 6.42 Å². The lowest BCUT2D eigenvalue weighted by atomic mass is 10.0. The molecule has 2 aliphatic rings. The van der Waals surface area contributed by atoms with Gasteiger partial charge in [0.05, 0.1) is 30.3 Å². The van der Waals surface area contributed by atoms with Crippen molar-refractivity contribution >= 4 is 5.97 Å². The van der Waals surface area contributed by atoms with Gasteiger partial charge in [-0.2, -0.15) is 0 Å². The van der Waals surface area contributed by atoms with Gasteiger partial charge in [-0.1, -0.05) is 6.92 Å². The van der Waals surface area contributed by atoms with Crippen LogP contribution in [0.25, 0.3) is 0 Å². The van der Waals surface area contributed by atoms with Crippen molar-refractivity contribution in [2.45, 2.75) is 90.7 Å². The Labute approximate surface area is 144 Å². The zero-order chi connectivity index (χ0) is 18.0. The van der Waals surface area contributed by atoms with Crippen LogP contribution in [-0.2, 0) is 19.0 Å². The minimum Gasteiger partial charge on any atom is -0.463 e. The van der Waals surface area contributed by atoms with E-state index in [1.165, 1.54) is 0 Å². The van der Waals surface area contributed by atoms with Gasteiger partial charge < -0.3 is 24.4 Å². The average molecular weight is 344 g/mol. The Morgan fingerprint density at radius 2 is 1.88 bits per heavy atom. The molecule has 2 fully saturated rings. The SMILES string of the molecule is CC(C)OC(=O)[C@@H]1C(C)C1CC[C@@H](C)OC1O[C@@H](C)C(O)C[C@H]1O. The number of rotatable bonds is 7. The van der Waals surface area contributed by atoms with E-state index in [1.54, 1.807) is 6.92 Å². The minimum absolute atomic E-state index is 0.00582. The first-order chi connectivity index (χ1) is 11.2. The summed E-state index contributed by atoms with van der Waals surface area (Å²) in [6.07, 6.45) is -0.715. The highest BCUT2D eigenvalue weighted by atomic mass is 16.7. The van der Waals surface area contributed by atoms with Crippen LogP contribution in [0.2, 0.25) is 0 Å². The van der Waals surface area contributed by atoms with Crippen LogP contribution < -0.4 is 0 Å². The predicted octanol–water partition coefficient (Wildman–Crippen LogP) is 1.86. The van der Waals surface area contributed by atoms with Crippen LogP contribution in [0.4, 0.5) is 0 Å². The molecule has 0 aromatic carbocycles. The minimum atomic E-state index is -0.813. The summed E-state index contributed by atoms with van der Waals surface area (Å²) in [7, 11) is 0. The maximum absolute atomic E-state index is 12.0. The number of carbonyl (C=O) groups is 1. The highest BCUT2D eigenvalue weighted by Gasteiger charge is 2.52. The fourth-order valence-electron chi connectivity index (χ4n) is 3.48. The van der Waals surface area contributed by atoms with Crippen molar-refractivity contribution < 1.29 is 29.2 Å². The Bertz CT molecular complexity index is 426. The van der Waals surface area contributed by atoms with Crippen LogP contribution in [0.15, 0.2) is 0 Å². The topological polar surface area (TPSA) is 85.2 Å². The zero-order valence-corrected chi connectivity index (χ0v) is 15.3. The molecule has 1 aliphatic heterocycles. The average Bonchev–Trinajstić information content (AvgIpc) is 3.12. The van der Waals surface area contributed by atoms with E-state index in [-0.39, 0.29) is 36.6 Å². The van der Waals surface area contributed by atoms with Crippen LogP contribution in [0, 0.1) is 17.8 Å². The molecular weight excluding hydrogens is 312 g/mol. The lowest BCUT2D eigenvalue weighted by molar-refractivity contribution is -0.273. The normalized spacial score (nSPS) is 40.4. The molecule has 2 N–H and O–H groups in total. The second kappa shape index (κ2) is 8.13. The summed E-state index contributed by atoms with van der Waals surface area (Å²) in [6.45, 7) is 9.53. The summed E-state index contributed by atoms with van der Waals surface area (Å²) in [5.74, 6) is 0.617. The Hall–Kier alpha value is -0.690. The number of ether oxygens (including phenoxy) is 3. The quantitative estimate of drug-likeness (QED) is 0.686. The lowest BCUT2D eigenvalue weighted by Gasteiger charge is -2.36. The molecule has 0 radical (unpaired) electrons. The molecule has 1 heterocycles. The van der Waals surface area contributed by atoms with E-state index in [0.29, 0.717) is 11.8 Å². The molecule has 2 rings (SSSR count). The van der Waals surface area contributed by atoms with E-state index >= 15 is 0 Å². The van der Waals surface area contributed by atoms with Crippen molar-refractivity contribution in [3.05, 3.63) is 0 Å². The third kappa shape index (κ3) is 4.91. The third-order valence-electron chi connectivity index (χ3n) is 5.15. The summed E-state index contributed by atoms with van der Waals surface area (Å²) in [5, 5.41) is 19.6. The fraction of sp³-hybridized carbons (Fsp3) is 0.944. The number of carbonyl (C=O) groups excluding carboxylic acids is 1. The van der Waals surface area contributed by atoms with Crippen LogP contribution in [0.5, 0.6) is 0 Å². The maximum atomic E-state index is 12.0. The summed E-state index contributed by atoms with van der Waals surface area (Å²) in [4.78, 5) is 12.0. The van der Waals surface area contributed by atoms with E-state index < -0.39 is 18.5 Å². The first-order valence-electron chi connectivity index (χ1n) is 9.08. The van der Waals surface area contributed by atoms with Crippen LogP contribution >= 0.6 is 0 Å². The standard InChI is InChI=1S/C18H32O6/c1-9(2)22-17(21)16-11(4)13(16)7-6-10(3)23-18-15(20)8-14(19)12(5)24-18/h9-16,18-20H,6-8H2,1-5H3/t10-,11?,12+,13?,14?,15-,16-,18?/m1/s1. The van der Waals surface area contributed by atoms with Crippen LogP contribution in [0.1, 0.15) is 53.9 Å². The van der Waals surface area contributed by atoms with E-state index in [0.717, 1.165) is 12.8 Å². The molecule has 6 nitrogen and oxygen atoms in total. The first-order valence-corrected chi connectivity index (χ1v) is 9.08. The molecule has 0 aromatic heterocycles. The number of esters is 1.